The highest BCUT2D eigenvalue weighted by Crippen LogP contribution is 2.39. The monoisotopic (exact) mass is 452 g/mol. The Balaban J connectivity index is 1.33. The fourth-order valence-electron chi connectivity index (χ4n) is 4.92. The van der Waals surface area contributed by atoms with Crippen molar-refractivity contribution in [2.45, 2.75) is 51.0 Å². The van der Waals surface area contributed by atoms with Gasteiger partial charge in [0.1, 0.15) is 0 Å². The van der Waals surface area contributed by atoms with Crippen molar-refractivity contribution < 1.29 is 17.7 Å². The van der Waals surface area contributed by atoms with Crippen LogP contribution in [0.25, 0.3) is 22.4 Å². The molecule has 8 heteroatoms. The standard InChI is InChI=1S/C25H23F3N4O/c26-25(27,28)17-6-9-21-19(14-17)20-15-31(18-7-8-18)12-10-22(20)32(21)13-11-23-29-24(33-30-23)16-4-2-1-3-5-16/h1-6,9,14,18H,7-8,10-13,15H2. The highest BCUT2D eigenvalue weighted by Gasteiger charge is 2.35. The topological polar surface area (TPSA) is 47.1 Å². The lowest BCUT2D eigenvalue weighted by Crippen LogP contribution is -2.32. The van der Waals surface area contributed by atoms with E-state index in [-0.39, 0.29) is 0 Å². The zero-order chi connectivity index (χ0) is 22.6. The zero-order valence-corrected chi connectivity index (χ0v) is 18.0. The van der Waals surface area contributed by atoms with E-state index in [1.165, 1.54) is 25.0 Å². The Bertz CT molecular complexity index is 1300. The minimum Gasteiger partial charge on any atom is -0.344 e. The van der Waals surface area contributed by atoms with Crippen molar-refractivity contribution in [1.29, 1.82) is 0 Å². The van der Waals surface area contributed by atoms with E-state index in [1.807, 2.05) is 30.3 Å². The van der Waals surface area contributed by atoms with Gasteiger partial charge in [-0.2, -0.15) is 18.2 Å². The van der Waals surface area contributed by atoms with Crippen molar-refractivity contribution in [2.24, 2.45) is 0 Å². The van der Waals surface area contributed by atoms with Crippen molar-refractivity contribution in [3.8, 4) is 11.5 Å². The molecule has 1 aliphatic heterocycles. The number of hydrogen-bond acceptors (Lipinski definition) is 4. The minimum atomic E-state index is -4.35. The fraction of sp³-hybridized carbons (Fsp3) is 0.360. The number of aromatic nitrogens is 3. The maximum Gasteiger partial charge on any atom is 0.416 e. The molecule has 33 heavy (non-hydrogen) atoms. The number of aryl methyl sites for hydroxylation is 2. The lowest BCUT2D eigenvalue weighted by molar-refractivity contribution is -0.137. The first-order chi connectivity index (χ1) is 16.0. The van der Waals surface area contributed by atoms with Crippen LogP contribution in [0.4, 0.5) is 13.2 Å². The van der Waals surface area contributed by atoms with Crippen molar-refractivity contribution in [2.75, 3.05) is 6.54 Å². The molecule has 3 heterocycles. The summed E-state index contributed by atoms with van der Waals surface area (Å²) in [6, 6.07) is 14.3. The summed E-state index contributed by atoms with van der Waals surface area (Å²) in [6.07, 6.45) is -0.609. The second kappa shape index (κ2) is 7.73. The Hall–Kier alpha value is -3.13. The Labute approximate surface area is 188 Å². The number of halogens is 3. The maximum atomic E-state index is 13.4. The lowest BCUT2D eigenvalue weighted by atomic mass is 10.0. The number of alkyl halides is 3. The van der Waals surface area contributed by atoms with Crippen molar-refractivity contribution >= 4 is 10.9 Å². The summed E-state index contributed by atoms with van der Waals surface area (Å²) in [4.78, 5) is 6.93. The summed E-state index contributed by atoms with van der Waals surface area (Å²) in [7, 11) is 0. The molecular formula is C25H23F3N4O. The molecule has 2 aromatic carbocycles. The maximum absolute atomic E-state index is 13.4. The fourth-order valence-corrected chi connectivity index (χ4v) is 4.92. The van der Waals surface area contributed by atoms with Crippen LogP contribution in [0.5, 0.6) is 0 Å². The van der Waals surface area contributed by atoms with E-state index in [0.29, 0.717) is 42.7 Å². The number of fused-ring (bicyclic) bond motifs is 3. The van der Waals surface area contributed by atoms with E-state index in [0.717, 1.165) is 35.3 Å². The van der Waals surface area contributed by atoms with Gasteiger partial charge in [0.2, 0.25) is 0 Å². The van der Waals surface area contributed by atoms with Crippen LogP contribution in [0.3, 0.4) is 0 Å². The first-order valence-electron chi connectivity index (χ1n) is 11.3. The SMILES string of the molecule is FC(F)(F)c1ccc2c(c1)c1c(n2CCc2noc(-c3ccccc3)n2)CCN(C2CC2)C1. The van der Waals surface area contributed by atoms with Crippen LogP contribution in [0.15, 0.2) is 53.1 Å². The molecule has 6 rings (SSSR count). The van der Waals surface area contributed by atoms with Crippen molar-refractivity contribution in [1.82, 2.24) is 19.6 Å². The third kappa shape index (κ3) is 3.82. The summed E-state index contributed by atoms with van der Waals surface area (Å²) in [6.45, 7) is 2.25. The first-order valence-corrected chi connectivity index (χ1v) is 11.3. The van der Waals surface area contributed by atoms with Crippen LogP contribution in [-0.4, -0.2) is 32.2 Å². The van der Waals surface area contributed by atoms with Gasteiger partial charge in [0, 0.05) is 60.7 Å². The third-order valence-electron chi connectivity index (χ3n) is 6.72. The Kier molecular flexibility index (Phi) is 4.79. The number of nitrogens with zero attached hydrogens (tertiary/aromatic N) is 4. The molecule has 1 saturated carbocycles. The summed E-state index contributed by atoms with van der Waals surface area (Å²) in [5.74, 6) is 1.06. The zero-order valence-electron chi connectivity index (χ0n) is 18.0. The lowest BCUT2D eigenvalue weighted by Gasteiger charge is -2.28. The normalized spacial score (nSPS) is 16.9. The van der Waals surface area contributed by atoms with E-state index in [4.69, 9.17) is 4.52 Å². The summed E-state index contributed by atoms with van der Waals surface area (Å²) < 4.78 is 47.9. The molecule has 0 saturated heterocycles. The van der Waals surface area contributed by atoms with Crippen LogP contribution in [0, 0.1) is 0 Å². The quantitative estimate of drug-likeness (QED) is 0.403. The second-order valence-corrected chi connectivity index (χ2v) is 8.89. The van der Waals surface area contributed by atoms with Crippen LogP contribution in [0.2, 0.25) is 0 Å². The molecule has 0 bridgehead atoms. The number of hydrogen-bond donors (Lipinski definition) is 0. The summed E-state index contributed by atoms with van der Waals surface area (Å²) in [5.41, 5.74) is 3.28. The van der Waals surface area contributed by atoms with E-state index < -0.39 is 11.7 Å². The molecule has 0 radical (unpaired) electrons. The van der Waals surface area contributed by atoms with E-state index >= 15 is 0 Å². The Morgan fingerprint density at radius 1 is 1.06 bits per heavy atom. The van der Waals surface area contributed by atoms with Gasteiger partial charge < -0.3 is 9.09 Å². The van der Waals surface area contributed by atoms with Crippen molar-refractivity contribution in [3.05, 3.63) is 71.2 Å². The molecule has 2 aliphatic rings. The van der Waals surface area contributed by atoms with Gasteiger partial charge in [-0.3, -0.25) is 4.90 Å². The highest BCUT2D eigenvalue weighted by molar-refractivity contribution is 5.86. The average Bonchev–Trinajstić information content (AvgIpc) is 3.48. The summed E-state index contributed by atoms with van der Waals surface area (Å²) >= 11 is 0. The van der Waals surface area contributed by atoms with Crippen molar-refractivity contribution in [3.63, 3.8) is 0 Å². The highest BCUT2D eigenvalue weighted by atomic mass is 19.4. The van der Waals surface area contributed by atoms with E-state index in [2.05, 4.69) is 19.6 Å². The molecule has 1 aliphatic carbocycles. The molecule has 4 aromatic rings. The molecular weight excluding hydrogens is 429 g/mol. The summed E-state index contributed by atoms with van der Waals surface area (Å²) in [5, 5.41) is 4.83. The van der Waals surface area contributed by atoms with Crippen LogP contribution in [-0.2, 0) is 32.1 Å². The van der Waals surface area contributed by atoms with Crippen LogP contribution < -0.4 is 0 Å². The molecule has 0 spiro atoms. The first kappa shape index (κ1) is 20.5. The number of rotatable bonds is 5. The Morgan fingerprint density at radius 3 is 2.64 bits per heavy atom. The van der Waals surface area contributed by atoms with Gasteiger partial charge >= 0.3 is 6.18 Å². The van der Waals surface area contributed by atoms with Gasteiger partial charge in [-0.05, 0) is 48.7 Å². The van der Waals surface area contributed by atoms with Crippen LogP contribution >= 0.6 is 0 Å². The van der Waals surface area contributed by atoms with Crippen LogP contribution in [0.1, 0.15) is 35.5 Å². The molecule has 0 amide bonds. The smallest absolute Gasteiger partial charge is 0.344 e. The van der Waals surface area contributed by atoms with Gasteiger partial charge in [-0.25, -0.2) is 0 Å². The van der Waals surface area contributed by atoms with Gasteiger partial charge in [-0.15, -0.1) is 0 Å². The van der Waals surface area contributed by atoms with E-state index in [9.17, 15) is 13.2 Å². The molecule has 0 atom stereocenters. The largest absolute Gasteiger partial charge is 0.416 e. The third-order valence-corrected chi connectivity index (χ3v) is 6.72. The molecule has 0 unspecified atom stereocenters. The van der Waals surface area contributed by atoms with Gasteiger partial charge in [0.15, 0.2) is 5.82 Å². The molecule has 1 fully saturated rings. The van der Waals surface area contributed by atoms with E-state index in [1.54, 1.807) is 6.07 Å². The molecule has 0 N–H and O–H groups in total. The minimum absolute atomic E-state index is 0.472. The van der Waals surface area contributed by atoms with Gasteiger partial charge in [0.05, 0.1) is 5.56 Å². The molecule has 2 aromatic heterocycles. The average molecular weight is 452 g/mol. The number of benzene rings is 2. The molecule has 170 valence electrons. The van der Waals surface area contributed by atoms with Gasteiger partial charge in [0.25, 0.3) is 5.89 Å². The second-order valence-electron chi connectivity index (χ2n) is 8.89. The Morgan fingerprint density at radius 2 is 1.88 bits per heavy atom. The predicted octanol–water partition coefficient (Wildman–Crippen LogP) is 5.47. The van der Waals surface area contributed by atoms with Gasteiger partial charge in [-0.1, -0.05) is 23.4 Å². The predicted molar refractivity (Wildman–Crippen MR) is 118 cm³/mol. The molecule has 5 nitrogen and oxygen atoms in total.